The molecule has 0 aliphatic carbocycles. The van der Waals surface area contributed by atoms with E-state index in [-0.39, 0.29) is 31.8 Å². The molecule has 434 valence electrons. The van der Waals surface area contributed by atoms with Crippen molar-refractivity contribution < 1.29 is 103 Å². The number of rotatable bonds is 22. The number of nitrogens with zero attached hydrogens (tertiary/aromatic N) is 3. The summed E-state index contributed by atoms with van der Waals surface area (Å²) in [5.74, 6) is -7.88. The van der Waals surface area contributed by atoms with Crippen molar-refractivity contribution >= 4 is 59.1 Å². The number of aliphatic hydroxyl groups is 7. The van der Waals surface area contributed by atoms with E-state index in [2.05, 4.69) is 31.9 Å². The molecule has 5 rings (SSSR count). The summed E-state index contributed by atoms with van der Waals surface area (Å²) >= 11 is 0. The molecule has 15 N–H and O–H groups in total. The Bertz CT molecular complexity index is 2160. The Morgan fingerprint density at radius 3 is 1.81 bits per heavy atom. The average Bonchev–Trinajstić information content (AvgIpc) is 4.20. The topological polar surface area (TPSA) is 457 Å². The summed E-state index contributed by atoms with van der Waals surface area (Å²) in [5, 5.41) is 87.8. The molecule has 10 amide bonds. The molecule has 0 spiro atoms. The number of ether oxygens (including phenoxy) is 4. The minimum atomic E-state index is -2.02. The Morgan fingerprint density at radius 2 is 1.22 bits per heavy atom. The first kappa shape index (κ1) is 62.1. The summed E-state index contributed by atoms with van der Waals surface area (Å²) in [6.45, 7) is 3.15. The van der Waals surface area contributed by atoms with Gasteiger partial charge < -0.3 is 107 Å². The third-order valence-electron chi connectivity index (χ3n) is 14.2. The number of primary amides is 1. The molecule has 0 saturated carbocycles. The SMILES string of the molecule is CC(=O)NC1[C@H](OC(C)C(NC(=O)C(CO)NC(=O)CNC(=O)C2CCCN2C(C)=O)C(=O)NC(C)C(=O)N2CCCC2C(=O)N2CCCC2C(=O)NC(C)C(N)=O)OC(CO)[C@H](O)[C@@H]1O[C@@H]1OC(CO)[C@H](O)[C@H](O)C1O. The molecule has 0 aromatic rings. The molecule has 5 saturated heterocycles. The highest BCUT2D eigenvalue weighted by atomic mass is 16.7. The van der Waals surface area contributed by atoms with Crippen molar-refractivity contribution in [1.82, 2.24) is 46.6 Å². The summed E-state index contributed by atoms with van der Waals surface area (Å²) in [5.41, 5.74) is 5.31. The van der Waals surface area contributed by atoms with E-state index in [1.165, 1.54) is 42.4 Å². The second-order valence-corrected chi connectivity index (χ2v) is 19.7. The van der Waals surface area contributed by atoms with Crippen LogP contribution in [0.15, 0.2) is 0 Å². The zero-order valence-electron chi connectivity index (χ0n) is 43.3. The van der Waals surface area contributed by atoms with Gasteiger partial charge in [0.05, 0.1) is 32.5 Å². The van der Waals surface area contributed by atoms with E-state index in [1.54, 1.807) is 0 Å². The van der Waals surface area contributed by atoms with Crippen LogP contribution in [0.25, 0.3) is 0 Å². The minimum Gasteiger partial charge on any atom is -0.394 e. The largest absolute Gasteiger partial charge is 0.394 e. The maximum atomic E-state index is 14.5. The van der Waals surface area contributed by atoms with Crippen molar-refractivity contribution in [2.24, 2.45) is 5.73 Å². The fraction of sp³-hybridized carbons (Fsp3) is 0.783. The Kier molecular flexibility index (Phi) is 22.4. The van der Waals surface area contributed by atoms with Crippen LogP contribution in [0.2, 0.25) is 0 Å². The predicted molar refractivity (Wildman–Crippen MR) is 257 cm³/mol. The van der Waals surface area contributed by atoms with E-state index in [0.29, 0.717) is 32.2 Å². The summed E-state index contributed by atoms with van der Waals surface area (Å²) in [4.78, 5) is 136. The molecule has 18 atom stereocenters. The van der Waals surface area contributed by atoms with Crippen molar-refractivity contribution in [2.45, 2.75) is 183 Å². The smallest absolute Gasteiger partial charge is 0.246 e. The van der Waals surface area contributed by atoms with E-state index in [1.807, 2.05) is 0 Å². The number of hydrogen-bond donors (Lipinski definition) is 14. The number of likely N-dealkylation sites (tertiary alicyclic amines) is 3. The van der Waals surface area contributed by atoms with Gasteiger partial charge in [-0.15, -0.1) is 0 Å². The first-order chi connectivity index (χ1) is 36.3. The van der Waals surface area contributed by atoms with Crippen molar-refractivity contribution in [1.29, 1.82) is 0 Å². The minimum absolute atomic E-state index is 0.0559. The second-order valence-electron chi connectivity index (χ2n) is 19.7. The molecule has 0 aromatic heterocycles. The lowest BCUT2D eigenvalue weighted by atomic mass is 9.95. The van der Waals surface area contributed by atoms with Gasteiger partial charge in [-0.1, -0.05) is 0 Å². The van der Waals surface area contributed by atoms with Gasteiger partial charge in [-0.05, 0) is 59.3 Å². The van der Waals surface area contributed by atoms with Crippen LogP contribution in [-0.4, -0.2) is 265 Å². The molecule has 0 bridgehead atoms. The first-order valence-corrected chi connectivity index (χ1v) is 25.4. The quantitative estimate of drug-likeness (QED) is 0.0479. The Balaban J connectivity index is 1.38. The Labute approximate surface area is 442 Å². The zero-order chi connectivity index (χ0) is 57.2. The Morgan fingerprint density at radius 1 is 0.649 bits per heavy atom. The van der Waals surface area contributed by atoms with Gasteiger partial charge >= 0.3 is 0 Å². The molecule has 5 fully saturated rings. The lowest BCUT2D eigenvalue weighted by Crippen LogP contribution is -2.69. The molecular formula is C46H74N10O21. The van der Waals surface area contributed by atoms with Gasteiger partial charge in [-0.2, -0.15) is 0 Å². The predicted octanol–water partition coefficient (Wildman–Crippen LogP) is -9.27. The standard InChI is InChI=1S/C46H74N10O21/c1-19(38(47)67)49-41(70)26-10-7-13-55(26)44(73)27-11-8-14-56(27)43(72)20(2)50-42(71)31(53-39(68)24(16-57)52-30(62)15-48-40(69)25-9-6-12-54(25)23(5)61)21(3)74-45-32(51-22(4)60)37(34(64)29(18-59)75-45)77-46-36(66)35(65)33(63)28(17-58)76-46/h19-21,24-29,31-37,45-46,57-59,63-66H,6-18H2,1-5H3,(H2,47,67)(H,48,69)(H,49,70)(H,50,71)(H,51,60)(H,52,62)(H,53,68)/t19?,20?,21?,24?,25?,26?,27?,28?,29?,31?,32?,33-,34-,35-,36?,37+,45+,46-/m0/s1. The second kappa shape index (κ2) is 27.7. The fourth-order valence-corrected chi connectivity index (χ4v) is 9.93. The summed E-state index contributed by atoms with van der Waals surface area (Å²) in [7, 11) is 0. The number of carbonyl (C=O) groups is 10. The number of amides is 10. The number of nitrogens with two attached hydrogens (primary N) is 1. The third-order valence-corrected chi connectivity index (χ3v) is 14.2. The van der Waals surface area contributed by atoms with Crippen molar-refractivity contribution in [2.75, 3.05) is 46.0 Å². The molecular weight excluding hydrogens is 1030 g/mol. The number of nitrogens with one attached hydrogen (secondary N) is 6. The molecule has 31 nitrogen and oxygen atoms in total. The van der Waals surface area contributed by atoms with Gasteiger partial charge in [0.2, 0.25) is 59.1 Å². The molecule has 5 aliphatic rings. The third kappa shape index (κ3) is 15.1. The molecule has 12 unspecified atom stereocenters. The molecule has 0 radical (unpaired) electrons. The number of hydrogen-bond acceptors (Lipinski definition) is 21. The molecule has 5 heterocycles. The first-order valence-electron chi connectivity index (χ1n) is 25.4. The molecule has 0 aromatic carbocycles. The van der Waals surface area contributed by atoms with Gasteiger partial charge in [0.1, 0.15) is 91.1 Å². The van der Waals surface area contributed by atoms with Crippen molar-refractivity contribution in [3.8, 4) is 0 Å². The molecule has 5 aliphatic heterocycles. The number of carbonyl (C=O) groups excluding carboxylic acids is 10. The van der Waals surface area contributed by atoms with Gasteiger partial charge in [0.25, 0.3) is 0 Å². The van der Waals surface area contributed by atoms with Crippen molar-refractivity contribution in [3.05, 3.63) is 0 Å². The van der Waals surface area contributed by atoms with Gasteiger partial charge in [0.15, 0.2) is 12.6 Å². The fourth-order valence-electron chi connectivity index (χ4n) is 9.93. The monoisotopic (exact) mass is 1100 g/mol. The van der Waals surface area contributed by atoms with Crippen LogP contribution < -0.4 is 37.6 Å². The lowest BCUT2D eigenvalue weighted by Gasteiger charge is -2.48. The molecule has 31 heteroatoms. The van der Waals surface area contributed by atoms with Crippen LogP contribution in [0.3, 0.4) is 0 Å². The van der Waals surface area contributed by atoms with Crippen LogP contribution in [0.5, 0.6) is 0 Å². The maximum Gasteiger partial charge on any atom is 0.246 e. The van der Waals surface area contributed by atoms with E-state index >= 15 is 0 Å². The zero-order valence-corrected chi connectivity index (χ0v) is 43.3. The summed E-state index contributed by atoms with van der Waals surface area (Å²) in [6.07, 6.45) is -15.9. The highest BCUT2D eigenvalue weighted by Gasteiger charge is 2.53. The normalized spacial score (nSPS) is 31.2. The van der Waals surface area contributed by atoms with Gasteiger partial charge in [0, 0.05) is 33.5 Å². The summed E-state index contributed by atoms with van der Waals surface area (Å²) in [6, 6.07) is -10.8. The summed E-state index contributed by atoms with van der Waals surface area (Å²) < 4.78 is 23.3. The van der Waals surface area contributed by atoms with E-state index in [4.69, 9.17) is 24.7 Å². The number of aliphatic hydroxyl groups excluding tert-OH is 7. The van der Waals surface area contributed by atoms with Crippen LogP contribution in [0.1, 0.15) is 73.1 Å². The van der Waals surface area contributed by atoms with Gasteiger partial charge in [-0.3, -0.25) is 47.9 Å². The Hall–Kier alpha value is -5.74. The van der Waals surface area contributed by atoms with Crippen LogP contribution in [0.4, 0.5) is 0 Å². The van der Waals surface area contributed by atoms with E-state index < -0.39 is 189 Å². The van der Waals surface area contributed by atoms with Crippen LogP contribution in [-0.2, 0) is 66.9 Å². The average molecular weight is 1100 g/mol. The highest BCUT2D eigenvalue weighted by molar-refractivity contribution is 5.98. The van der Waals surface area contributed by atoms with Gasteiger partial charge in [-0.25, -0.2) is 0 Å². The van der Waals surface area contributed by atoms with E-state index in [9.17, 15) is 83.7 Å². The lowest BCUT2D eigenvalue weighted by molar-refractivity contribution is -0.347. The van der Waals surface area contributed by atoms with Crippen molar-refractivity contribution in [3.63, 3.8) is 0 Å². The van der Waals surface area contributed by atoms with Crippen LogP contribution >= 0.6 is 0 Å². The van der Waals surface area contributed by atoms with Crippen LogP contribution in [0, 0.1) is 0 Å². The molecule has 77 heavy (non-hydrogen) atoms. The maximum absolute atomic E-state index is 14.5. The van der Waals surface area contributed by atoms with E-state index in [0.717, 1.165) is 6.92 Å². The highest BCUT2D eigenvalue weighted by Crippen LogP contribution is 2.31.